The number of carbonyl (C=O) groups excluding carboxylic acids is 2. The van der Waals surface area contributed by atoms with Crippen LogP contribution in [-0.4, -0.2) is 25.5 Å². The molecule has 2 aromatic carbocycles. The maximum absolute atomic E-state index is 12.8. The number of fused-ring (bicyclic) bond motifs is 2. The number of ether oxygens (including phenoxy) is 1. The largest absolute Gasteiger partial charge is 0.465 e. The molecule has 4 rings (SSSR count). The predicted molar refractivity (Wildman–Crippen MR) is 125 cm³/mol. The zero-order valence-corrected chi connectivity index (χ0v) is 19.5. The molecule has 0 radical (unpaired) electrons. The van der Waals surface area contributed by atoms with Crippen molar-refractivity contribution in [3.8, 4) is 0 Å². The second kappa shape index (κ2) is 8.74. The standard InChI is InChI=1S/C21H22N2O3.C5H12/c1-13(14-6-8-15(9-7-14)20(25)26-2)23-19(24)16-4-3-5-17-18(16)22-12-21(17)10-11-21;1-5(2,3)4/h3-9,13,22H,10-12H2,1-2H3,(H,23,24);1-4H3. The molecular formula is C26H34N2O3. The second-order valence-electron chi connectivity index (χ2n) is 10.2. The average Bonchev–Trinajstić information content (AvgIpc) is 3.41. The third-order valence-electron chi connectivity index (χ3n) is 5.52. The van der Waals surface area contributed by atoms with E-state index in [1.165, 1.54) is 25.5 Å². The fourth-order valence-electron chi connectivity index (χ4n) is 3.71. The molecule has 1 fully saturated rings. The summed E-state index contributed by atoms with van der Waals surface area (Å²) in [6.45, 7) is 11.6. The first-order valence-corrected chi connectivity index (χ1v) is 10.9. The summed E-state index contributed by atoms with van der Waals surface area (Å²) in [5, 5.41) is 6.49. The molecule has 2 aromatic rings. The Bertz CT molecular complexity index is 948. The van der Waals surface area contributed by atoms with Gasteiger partial charge in [-0.2, -0.15) is 0 Å². The van der Waals surface area contributed by atoms with Crippen LogP contribution >= 0.6 is 0 Å². The molecule has 5 nitrogen and oxygen atoms in total. The van der Waals surface area contributed by atoms with E-state index in [0.29, 0.717) is 16.5 Å². The minimum atomic E-state index is -0.367. The Morgan fingerprint density at radius 2 is 1.68 bits per heavy atom. The fraction of sp³-hybridized carbons (Fsp3) is 0.462. The molecule has 1 aliphatic carbocycles. The number of amides is 1. The van der Waals surface area contributed by atoms with Gasteiger partial charge in [0, 0.05) is 12.0 Å². The number of para-hydroxylation sites is 1. The third-order valence-corrected chi connectivity index (χ3v) is 5.52. The van der Waals surface area contributed by atoms with Crippen LogP contribution in [0.4, 0.5) is 5.69 Å². The number of hydrogen-bond acceptors (Lipinski definition) is 4. The van der Waals surface area contributed by atoms with Gasteiger partial charge in [0.25, 0.3) is 5.91 Å². The van der Waals surface area contributed by atoms with Crippen molar-refractivity contribution < 1.29 is 14.3 Å². The Labute approximate surface area is 185 Å². The van der Waals surface area contributed by atoms with Crippen LogP contribution in [0.5, 0.6) is 0 Å². The van der Waals surface area contributed by atoms with Crippen molar-refractivity contribution in [2.75, 3.05) is 19.0 Å². The van der Waals surface area contributed by atoms with Gasteiger partial charge in [-0.1, -0.05) is 52.0 Å². The Hall–Kier alpha value is -2.82. The normalized spacial score (nSPS) is 16.3. The van der Waals surface area contributed by atoms with Crippen LogP contribution in [-0.2, 0) is 10.2 Å². The lowest BCUT2D eigenvalue weighted by Gasteiger charge is -2.16. The zero-order valence-electron chi connectivity index (χ0n) is 19.5. The molecule has 166 valence electrons. The Kier molecular flexibility index (Phi) is 6.44. The summed E-state index contributed by atoms with van der Waals surface area (Å²) in [7, 11) is 1.36. The Morgan fingerprint density at radius 3 is 2.23 bits per heavy atom. The maximum Gasteiger partial charge on any atom is 0.337 e. The summed E-state index contributed by atoms with van der Waals surface area (Å²) in [6.07, 6.45) is 2.39. The summed E-state index contributed by atoms with van der Waals surface area (Å²) in [5.41, 5.74) is 5.15. The van der Waals surface area contributed by atoms with E-state index < -0.39 is 0 Å². The molecule has 1 unspecified atom stereocenters. The van der Waals surface area contributed by atoms with Crippen molar-refractivity contribution in [2.24, 2.45) is 5.41 Å². The zero-order chi connectivity index (χ0) is 22.8. The number of hydrogen-bond donors (Lipinski definition) is 2. The first kappa shape index (κ1) is 22.9. The molecule has 1 spiro atoms. The van der Waals surface area contributed by atoms with Gasteiger partial charge in [0.05, 0.1) is 30.0 Å². The molecule has 31 heavy (non-hydrogen) atoms. The van der Waals surface area contributed by atoms with Crippen molar-refractivity contribution in [2.45, 2.75) is 58.9 Å². The first-order chi connectivity index (χ1) is 14.5. The molecule has 0 saturated heterocycles. The molecule has 1 heterocycles. The summed E-state index contributed by atoms with van der Waals surface area (Å²) in [5.74, 6) is -0.454. The molecule has 1 saturated carbocycles. The minimum Gasteiger partial charge on any atom is -0.465 e. The number of esters is 1. The van der Waals surface area contributed by atoms with E-state index >= 15 is 0 Å². The van der Waals surface area contributed by atoms with E-state index in [4.69, 9.17) is 4.74 Å². The van der Waals surface area contributed by atoms with E-state index in [9.17, 15) is 9.59 Å². The number of rotatable bonds is 4. The van der Waals surface area contributed by atoms with E-state index in [1.54, 1.807) is 12.1 Å². The van der Waals surface area contributed by atoms with Gasteiger partial charge in [0.1, 0.15) is 0 Å². The van der Waals surface area contributed by atoms with E-state index in [2.05, 4.69) is 44.4 Å². The van der Waals surface area contributed by atoms with E-state index in [0.717, 1.165) is 17.8 Å². The maximum atomic E-state index is 12.8. The highest BCUT2D eigenvalue weighted by Crippen LogP contribution is 2.54. The third kappa shape index (κ3) is 5.46. The van der Waals surface area contributed by atoms with Crippen molar-refractivity contribution in [1.82, 2.24) is 5.32 Å². The smallest absolute Gasteiger partial charge is 0.337 e. The molecule has 2 aliphatic rings. The quantitative estimate of drug-likeness (QED) is 0.641. The van der Waals surface area contributed by atoms with Crippen molar-refractivity contribution in [1.29, 1.82) is 0 Å². The number of methoxy groups -OCH3 is 1. The SMILES string of the molecule is CC(C)(C)C.COC(=O)c1ccc(C(C)NC(=O)c2cccc3c2NCC32CC2)cc1. The topological polar surface area (TPSA) is 67.4 Å². The molecule has 1 atom stereocenters. The highest BCUT2D eigenvalue weighted by molar-refractivity contribution is 6.01. The molecule has 5 heteroatoms. The lowest BCUT2D eigenvalue weighted by Crippen LogP contribution is -2.27. The molecule has 0 bridgehead atoms. The van der Waals surface area contributed by atoms with E-state index in [-0.39, 0.29) is 23.3 Å². The van der Waals surface area contributed by atoms with Crippen LogP contribution in [0, 0.1) is 5.41 Å². The van der Waals surface area contributed by atoms with Crippen molar-refractivity contribution in [3.05, 3.63) is 64.7 Å². The van der Waals surface area contributed by atoms with Gasteiger partial charge < -0.3 is 15.4 Å². The van der Waals surface area contributed by atoms with Crippen LogP contribution < -0.4 is 10.6 Å². The predicted octanol–water partition coefficient (Wildman–Crippen LogP) is 5.47. The molecule has 1 aliphatic heterocycles. The average molecular weight is 423 g/mol. The number of nitrogens with one attached hydrogen (secondary N) is 2. The van der Waals surface area contributed by atoms with Gasteiger partial charge in [-0.05, 0) is 54.5 Å². The van der Waals surface area contributed by atoms with Crippen LogP contribution in [0.1, 0.15) is 85.3 Å². The van der Waals surface area contributed by atoms with Gasteiger partial charge in [-0.15, -0.1) is 0 Å². The van der Waals surface area contributed by atoms with Crippen LogP contribution in [0.3, 0.4) is 0 Å². The monoisotopic (exact) mass is 422 g/mol. The van der Waals surface area contributed by atoms with Gasteiger partial charge >= 0.3 is 5.97 Å². The molecule has 0 aromatic heterocycles. The summed E-state index contributed by atoms with van der Waals surface area (Å²) < 4.78 is 4.71. The van der Waals surface area contributed by atoms with Gasteiger partial charge in [0.15, 0.2) is 0 Å². The lowest BCUT2D eigenvalue weighted by atomic mass is 9.96. The summed E-state index contributed by atoms with van der Waals surface area (Å²) in [6, 6.07) is 12.9. The fourth-order valence-corrected chi connectivity index (χ4v) is 3.71. The van der Waals surface area contributed by atoms with Crippen LogP contribution in [0.15, 0.2) is 42.5 Å². The van der Waals surface area contributed by atoms with Gasteiger partial charge in [-0.3, -0.25) is 4.79 Å². The highest BCUT2D eigenvalue weighted by atomic mass is 16.5. The Morgan fingerprint density at radius 1 is 1.06 bits per heavy atom. The number of benzene rings is 2. The number of anilines is 1. The summed E-state index contributed by atoms with van der Waals surface area (Å²) in [4.78, 5) is 24.3. The minimum absolute atomic E-state index is 0.0865. The van der Waals surface area contributed by atoms with E-state index in [1.807, 2.05) is 31.2 Å². The molecular weight excluding hydrogens is 388 g/mol. The Balaban J connectivity index is 0.000000491. The highest BCUT2D eigenvalue weighted by Gasteiger charge is 2.49. The lowest BCUT2D eigenvalue weighted by molar-refractivity contribution is 0.0600. The molecule has 2 N–H and O–H groups in total. The first-order valence-electron chi connectivity index (χ1n) is 10.9. The van der Waals surface area contributed by atoms with Gasteiger partial charge in [0.2, 0.25) is 0 Å². The summed E-state index contributed by atoms with van der Waals surface area (Å²) >= 11 is 0. The van der Waals surface area contributed by atoms with Gasteiger partial charge in [-0.25, -0.2) is 4.79 Å². The second-order valence-corrected chi connectivity index (χ2v) is 10.2. The number of carbonyl (C=O) groups is 2. The van der Waals surface area contributed by atoms with Crippen LogP contribution in [0.2, 0.25) is 0 Å². The molecule has 1 amide bonds. The van der Waals surface area contributed by atoms with Crippen molar-refractivity contribution in [3.63, 3.8) is 0 Å². The van der Waals surface area contributed by atoms with Crippen LogP contribution in [0.25, 0.3) is 0 Å². The van der Waals surface area contributed by atoms with Crippen molar-refractivity contribution >= 4 is 17.6 Å².